The summed E-state index contributed by atoms with van der Waals surface area (Å²) in [5, 5.41) is 7.32. The van der Waals surface area contributed by atoms with Gasteiger partial charge in [0.25, 0.3) is 0 Å². The normalized spacial score (nSPS) is 18.3. The highest BCUT2D eigenvalue weighted by Gasteiger charge is 2.21. The molecule has 2 amide bonds. The Kier molecular flexibility index (Phi) is 4.13. The van der Waals surface area contributed by atoms with Crippen molar-refractivity contribution in [1.29, 1.82) is 0 Å². The molecule has 1 aromatic carbocycles. The predicted molar refractivity (Wildman–Crippen MR) is 87.6 cm³/mol. The molecule has 1 atom stereocenters. The van der Waals surface area contributed by atoms with Crippen LogP contribution in [0, 0.1) is 5.92 Å². The summed E-state index contributed by atoms with van der Waals surface area (Å²) in [5.74, 6) is 1.17. The van der Waals surface area contributed by atoms with Crippen molar-refractivity contribution < 1.29 is 4.79 Å². The standard InChI is InChI=1S/C17H22N4O/c1-13-7-6-10-21(12-13)17(22)18-16-11-15(20(2)19-16)14-8-4-3-5-9-14/h3-5,8-9,11,13H,6-7,10,12H2,1-2H3,(H,18,19,22). The topological polar surface area (TPSA) is 50.2 Å². The maximum Gasteiger partial charge on any atom is 0.323 e. The summed E-state index contributed by atoms with van der Waals surface area (Å²) in [4.78, 5) is 14.2. The molecule has 0 aliphatic carbocycles. The number of anilines is 1. The third kappa shape index (κ3) is 3.13. The number of hydrogen-bond donors (Lipinski definition) is 1. The molecule has 0 radical (unpaired) electrons. The minimum absolute atomic E-state index is 0.0516. The highest BCUT2D eigenvalue weighted by Crippen LogP contribution is 2.22. The van der Waals surface area contributed by atoms with E-state index in [0.29, 0.717) is 11.7 Å². The van der Waals surface area contributed by atoms with Gasteiger partial charge in [-0.3, -0.25) is 10.00 Å². The molecule has 2 aromatic rings. The van der Waals surface area contributed by atoms with E-state index in [2.05, 4.69) is 17.3 Å². The van der Waals surface area contributed by atoms with Gasteiger partial charge in [0.15, 0.2) is 5.82 Å². The van der Waals surface area contributed by atoms with Crippen LogP contribution in [0.1, 0.15) is 19.8 Å². The first kappa shape index (κ1) is 14.6. The molecule has 1 saturated heterocycles. The Morgan fingerprint density at radius 1 is 1.32 bits per heavy atom. The smallest absolute Gasteiger partial charge is 0.323 e. The van der Waals surface area contributed by atoms with E-state index in [9.17, 15) is 4.79 Å². The van der Waals surface area contributed by atoms with Gasteiger partial charge >= 0.3 is 6.03 Å². The van der Waals surface area contributed by atoms with E-state index in [4.69, 9.17) is 0 Å². The second-order valence-corrected chi connectivity index (χ2v) is 6.03. The number of hydrogen-bond acceptors (Lipinski definition) is 2. The van der Waals surface area contributed by atoms with Gasteiger partial charge in [0.2, 0.25) is 0 Å². The van der Waals surface area contributed by atoms with Crippen molar-refractivity contribution in [2.24, 2.45) is 13.0 Å². The molecular weight excluding hydrogens is 276 g/mol. The Morgan fingerprint density at radius 2 is 2.09 bits per heavy atom. The van der Waals surface area contributed by atoms with Gasteiger partial charge in [-0.15, -0.1) is 0 Å². The number of carbonyl (C=O) groups is 1. The number of nitrogens with zero attached hydrogens (tertiary/aromatic N) is 3. The minimum Gasteiger partial charge on any atom is -0.324 e. The number of likely N-dealkylation sites (tertiary alicyclic amines) is 1. The quantitative estimate of drug-likeness (QED) is 0.924. The Hall–Kier alpha value is -2.30. The lowest BCUT2D eigenvalue weighted by Gasteiger charge is -2.30. The van der Waals surface area contributed by atoms with Gasteiger partial charge in [0.1, 0.15) is 0 Å². The van der Waals surface area contributed by atoms with Crippen molar-refractivity contribution in [3.63, 3.8) is 0 Å². The highest BCUT2D eigenvalue weighted by molar-refractivity contribution is 5.89. The first-order valence-electron chi connectivity index (χ1n) is 7.79. The number of piperidine rings is 1. The van der Waals surface area contributed by atoms with E-state index >= 15 is 0 Å². The summed E-state index contributed by atoms with van der Waals surface area (Å²) >= 11 is 0. The summed E-state index contributed by atoms with van der Waals surface area (Å²) in [6, 6.07) is 11.9. The Balaban J connectivity index is 1.72. The van der Waals surface area contributed by atoms with Crippen molar-refractivity contribution in [3.05, 3.63) is 36.4 Å². The lowest BCUT2D eigenvalue weighted by molar-refractivity contribution is 0.182. The molecule has 1 unspecified atom stereocenters. The number of benzene rings is 1. The molecule has 0 spiro atoms. The minimum atomic E-state index is -0.0516. The van der Waals surface area contributed by atoms with Gasteiger partial charge in [-0.1, -0.05) is 37.3 Å². The van der Waals surface area contributed by atoms with Gasteiger partial charge in [0.05, 0.1) is 5.69 Å². The summed E-state index contributed by atoms with van der Waals surface area (Å²) < 4.78 is 1.80. The number of rotatable bonds is 2. The molecule has 1 aliphatic heterocycles. The zero-order valence-corrected chi connectivity index (χ0v) is 13.1. The number of aromatic nitrogens is 2. The van der Waals surface area contributed by atoms with E-state index < -0.39 is 0 Å². The first-order chi connectivity index (χ1) is 10.6. The first-order valence-corrected chi connectivity index (χ1v) is 7.79. The fourth-order valence-electron chi connectivity index (χ4n) is 2.97. The fourth-order valence-corrected chi connectivity index (χ4v) is 2.97. The third-order valence-electron chi connectivity index (χ3n) is 4.13. The molecule has 1 N–H and O–H groups in total. The SMILES string of the molecule is CC1CCCN(C(=O)Nc2cc(-c3ccccc3)n(C)n2)C1. The van der Waals surface area contributed by atoms with Gasteiger partial charge < -0.3 is 4.90 Å². The van der Waals surface area contributed by atoms with Crippen LogP contribution in [0.3, 0.4) is 0 Å². The highest BCUT2D eigenvalue weighted by atomic mass is 16.2. The third-order valence-corrected chi connectivity index (χ3v) is 4.13. The van der Waals surface area contributed by atoms with Crippen LogP contribution in [0.15, 0.2) is 36.4 Å². The summed E-state index contributed by atoms with van der Waals surface area (Å²) in [6.07, 6.45) is 2.28. The number of aryl methyl sites for hydroxylation is 1. The van der Waals surface area contributed by atoms with Crippen molar-refractivity contribution >= 4 is 11.8 Å². The van der Waals surface area contributed by atoms with Crippen LogP contribution in [0.25, 0.3) is 11.3 Å². The molecule has 116 valence electrons. The van der Waals surface area contributed by atoms with E-state index in [0.717, 1.165) is 30.8 Å². The Bertz CT molecular complexity index is 650. The molecule has 5 heteroatoms. The maximum absolute atomic E-state index is 12.3. The Labute approximate surface area is 130 Å². The monoisotopic (exact) mass is 298 g/mol. The maximum atomic E-state index is 12.3. The van der Waals surface area contributed by atoms with Crippen LogP contribution >= 0.6 is 0 Å². The number of nitrogens with one attached hydrogen (secondary N) is 1. The summed E-state index contributed by atoms with van der Waals surface area (Å²) in [5.41, 5.74) is 2.08. The van der Waals surface area contributed by atoms with Gasteiger partial charge in [0, 0.05) is 26.2 Å². The Morgan fingerprint density at radius 3 is 2.82 bits per heavy atom. The molecule has 1 fully saturated rings. The second kappa shape index (κ2) is 6.22. The van der Waals surface area contributed by atoms with Crippen LogP contribution in [0.4, 0.5) is 10.6 Å². The zero-order valence-electron chi connectivity index (χ0n) is 13.1. The van der Waals surface area contributed by atoms with Crippen LogP contribution in [-0.2, 0) is 7.05 Å². The largest absolute Gasteiger partial charge is 0.324 e. The van der Waals surface area contributed by atoms with E-state index in [-0.39, 0.29) is 6.03 Å². The average molecular weight is 298 g/mol. The van der Waals surface area contributed by atoms with Crippen molar-refractivity contribution in [1.82, 2.24) is 14.7 Å². The van der Waals surface area contributed by atoms with Crippen molar-refractivity contribution in [2.75, 3.05) is 18.4 Å². The number of carbonyl (C=O) groups excluding carboxylic acids is 1. The van der Waals surface area contributed by atoms with Crippen molar-refractivity contribution in [3.8, 4) is 11.3 Å². The second-order valence-electron chi connectivity index (χ2n) is 6.03. The molecule has 2 heterocycles. The van der Waals surface area contributed by atoms with Crippen LogP contribution in [0.2, 0.25) is 0 Å². The molecular formula is C17H22N4O. The van der Waals surface area contributed by atoms with Gasteiger partial charge in [-0.25, -0.2) is 4.79 Å². The summed E-state index contributed by atoms with van der Waals surface area (Å²) in [6.45, 7) is 3.84. The van der Waals surface area contributed by atoms with Crippen LogP contribution < -0.4 is 5.32 Å². The van der Waals surface area contributed by atoms with Crippen LogP contribution in [0.5, 0.6) is 0 Å². The van der Waals surface area contributed by atoms with E-state index in [1.165, 1.54) is 6.42 Å². The van der Waals surface area contributed by atoms with Gasteiger partial charge in [-0.2, -0.15) is 5.10 Å². The molecule has 5 nitrogen and oxygen atoms in total. The summed E-state index contributed by atoms with van der Waals surface area (Å²) in [7, 11) is 1.89. The van der Waals surface area contributed by atoms with Gasteiger partial charge in [-0.05, 0) is 24.3 Å². The molecule has 0 bridgehead atoms. The van der Waals surface area contributed by atoms with E-state index in [1.807, 2.05) is 48.3 Å². The van der Waals surface area contributed by atoms with Crippen molar-refractivity contribution in [2.45, 2.75) is 19.8 Å². The number of urea groups is 1. The predicted octanol–water partition coefficient (Wildman–Crippen LogP) is 3.35. The average Bonchev–Trinajstić information content (AvgIpc) is 2.88. The molecule has 0 saturated carbocycles. The number of amides is 2. The zero-order chi connectivity index (χ0) is 15.5. The lowest BCUT2D eigenvalue weighted by Crippen LogP contribution is -2.41. The molecule has 3 rings (SSSR count). The van der Waals surface area contributed by atoms with E-state index in [1.54, 1.807) is 4.68 Å². The molecule has 1 aliphatic rings. The lowest BCUT2D eigenvalue weighted by atomic mass is 10.0. The fraction of sp³-hybridized carbons (Fsp3) is 0.412. The van der Waals surface area contributed by atoms with Crippen LogP contribution in [-0.4, -0.2) is 33.8 Å². The molecule has 1 aromatic heterocycles. The molecule has 22 heavy (non-hydrogen) atoms.